The number of nitriles is 1. The molecule has 0 saturated heterocycles. The minimum absolute atomic E-state index is 0.0401. The van der Waals surface area contributed by atoms with Crippen molar-refractivity contribution < 1.29 is 9.90 Å². The van der Waals surface area contributed by atoms with Crippen molar-refractivity contribution in [2.45, 2.75) is 26.2 Å². The second-order valence-corrected chi connectivity index (χ2v) is 5.02. The van der Waals surface area contributed by atoms with Crippen LogP contribution >= 0.6 is 0 Å². The number of H-pyrrole nitrogens is 1. The highest BCUT2D eigenvalue weighted by Gasteiger charge is 2.18. The first-order valence-electron chi connectivity index (χ1n) is 6.50. The molecule has 0 aliphatic rings. The van der Waals surface area contributed by atoms with Gasteiger partial charge in [-0.2, -0.15) is 5.26 Å². The minimum Gasteiger partial charge on any atom is -0.481 e. The summed E-state index contributed by atoms with van der Waals surface area (Å²) in [7, 11) is 0. The molecular formula is C15H16N4O2. The number of hydrogen-bond donors (Lipinski definition) is 3. The molecule has 0 saturated carbocycles. The largest absolute Gasteiger partial charge is 0.481 e. The number of carboxylic acid groups (broad SMARTS) is 1. The molecule has 0 fully saturated rings. The Kier molecular flexibility index (Phi) is 3.94. The number of carboxylic acids is 1. The molecule has 2 aromatic heterocycles. The lowest BCUT2D eigenvalue weighted by Gasteiger charge is -2.12. The Hall–Kier alpha value is -2.81. The molecule has 1 atom stereocenters. The molecule has 6 nitrogen and oxygen atoms in total. The smallest absolute Gasteiger partial charge is 0.304 e. The van der Waals surface area contributed by atoms with Crippen LogP contribution in [0, 0.1) is 18.3 Å². The molecule has 0 spiro atoms. The number of hydrogen-bond acceptors (Lipinski definition) is 4. The summed E-state index contributed by atoms with van der Waals surface area (Å²) in [6.07, 6.45) is -0.0401. The predicted octanol–water partition coefficient (Wildman–Crippen LogP) is 2.42. The van der Waals surface area contributed by atoms with Crippen LogP contribution in [-0.4, -0.2) is 21.0 Å². The molecule has 0 aliphatic carbocycles. The summed E-state index contributed by atoms with van der Waals surface area (Å²) in [5.41, 5.74) is 9.08. The lowest BCUT2D eigenvalue weighted by atomic mass is 9.98. The lowest BCUT2D eigenvalue weighted by molar-refractivity contribution is -0.137. The van der Waals surface area contributed by atoms with Crippen LogP contribution in [0.25, 0.3) is 11.3 Å². The van der Waals surface area contributed by atoms with E-state index in [0.717, 1.165) is 11.4 Å². The lowest BCUT2D eigenvalue weighted by Crippen LogP contribution is -2.08. The zero-order valence-corrected chi connectivity index (χ0v) is 11.8. The van der Waals surface area contributed by atoms with E-state index in [1.807, 2.05) is 19.1 Å². The quantitative estimate of drug-likeness (QED) is 0.797. The predicted molar refractivity (Wildman–Crippen MR) is 78.6 cm³/mol. The number of nitrogens with one attached hydrogen (secondary N) is 1. The van der Waals surface area contributed by atoms with Crippen molar-refractivity contribution in [3.05, 3.63) is 35.2 Å². The number of aryl methyl sites for hydroxylation is 1. The Morgan fingerprint density at radius 1 is 1.57 bits per heavy atom. The summed E-state index contributed by atoms with van der Waals surface area (Å²) in [5.74, 6) is -1.06. The third-order valence-corrected chi connectivity index (χ3v) is 3.29. The summed E-state index contributed by atoms with van der Waals surface area (Å²) < 4.78 is 0. The number of nitrogens with zero attached hydrogens (tertiary/aromatic N) is 2. The van der Waals surface area contributed by atoms with Gasteiger partial charge in [0.2, 0.25) is 0 Å². The molecular weight excluding hydrogens is 268 g/mol. The summed E-state index contributed by atoms with van der Waals surface area (Å²) >= 11 is 0. The molecule has 6 heteroatoms. The molecule has 2 rings (SSSR count). The van der Waals surface area contributed by atoms with Crippen molar-refractivity contribution >= 4 is 11.8 Å². The van der Waals surface area contributed by atoms with Gasteiger partial charge in [-0.25, -0.2) is 4.98 Å². The molecule has 1 unspecified atom stereocenters. The van der Waals surface area contributed by atoms with E-state index in [-0.39, 0.29) is 18.2 Å². The van der Waals surface area contributed by atoms with E-state index >= 15 is 0 Å². The van der Waals surface area contributed by atoms with Crippen LogP contribution in [0.5, 0.6) is 0 Å². The van der Waals surface area contributed by atoms with E-state index in [2.05, 4.69) is 16.0 Å². The van der Waals surface area contributed by atoms with Crippen molar-refractivity contribution in [1.29, 1.82) is 5.26 Å². The van der Waals surface area contributed by atoms with Crippen LogP contribution in [0.15, 0.2) is 18.2 Å². The second kappa shape index (κ2) is 5.67. The van der Waals surface area contributed by atoms with Gasteiger partial charge in [0.25, 0.3) is 0 Å². The topological polar surface area (TPSA) is 116 Å². The molecule has 0 radical (unpaired) electrons. The Bertz CT molecular complexity index is 728. The number of aromatic amines is 1. The number of aromatic nitrogens is 2. The molecule has 0 bridgehead atoms. The van der Waals surface area contributed by atoms with Crippen LogP contribution in [0.1, 0.15) is 36.2 Å². The van der Waals surface area contributed by atoms with Gasteiger partial charge in [0.15, 0.2) is 0 Å². The van der Waals surface area contributed by atoms with Crippen molar-refractivity contribution in [2.75, 3.05) is 5.73 Å². The van der Waals surface area contributed by atoms with E-state index in [4.69, 9.17) is 10.8 Å². The molecule has 0 aliphatic heterocycles. The fraction of sp³-hybridized carbons (Fsp3) is 0.267. The van der Waals surface area contributed by atoms with E-state index in [0.29, 0.717) is 16.8 Å². The van der Waals surface area contributed by atoms with E-state index in [9.17, 15) is 10.1 Å². The van der Waals surface area contributed by atoms with Crippen LogP contribution in [-0.2, 0) is 4.79 Å². The van der Waals surface area contributed by atoms with E-state index < -0.39 is 5.97 Å². The van der Waals surface area contributed by atoms with Gasteiger partial charge in [-0.05, 0) is 25.1 Å². The number of carbonyl (C=O) groups is 1. The van der Waals surface area contributed by atoms with Crippen molar-refractivity contribution in [1.82, 2.24) is 9.97 Å². The normalized spacial score (nSPS) is 11.9. The third-order valence-electron chi connectivity index (χ3n) is 3.29. The molecule has 0 aromatic carbocycles. The highest BCUT2D eigenvalue weighted by molar-refractivity contribution is 5.74. The molecule has 2 heterocycles. The average molecular weight is 284 g/mol. The molecule has 2 aromatic rings. The monoisotopic (exact) mass is 284 g/mol. The van der Waals surface area contributed by atoms with Gasteiger partial charge < -0.3 is 15.8 Å². The van der Waals surface area contributed by atoms with Crippen LogP contribution < -0.4 is 5.73 Å². The number of aliphatic carboxylic acids is 1. The number of nitrogen functional groups attached to an aromatic ring is 1. The summed E-state index contributed by atoms with van der Waals surface area (Å²) in [4.78, 5) is 18.2. The maximum absolute atomic E-state index is 10.8. The van der Waals surface area contributed by atoms with Crippen LogP contribution in [0.4, 0.5) is 5.82 Å². The minimum atomic E-state index is -0.899. The van der Waals surface area contributed by atoms with Gasteiger partial charge in [-0.1, -0.05) is 6.92 Å². The fourth-order valence-electron chi connectivity index (χ4n) is 2.20. The number of rotatable bonds is 4. The zero-order chi connectivity index (χ0) is 15.6. The molecule has 21 heavy (non-hydrogen) atoms. The zero-order valence-electron chi connectivity index (χ0n) is 11.8. The SMILES string of the molecule is Cc1ccc(-c2cc(C(C)CC(=O)O)nc(N)c2C#N)[nH]1. The Labute approximate surface area is 122 Å². The van der Waals surface area contributed by atoms with Gasteiger partial charge in [0.1, 0.15) is 17.5 Å². The Balaban J connectivity index is 2.55. The Morgan fingerprint density at radius 2 is 2.29 bits per heavy atom. The number of pyridine rings is 1. The van der Waals surface area contributed by atoms with Crippen molar-refractivity contribution in [3.63, 3.8) is 0 Å². The molecule has 4 N–H and O–H groups in total. The maximum Gasteiger partial charge on any atom is 0.304 e. The first-order chi connectivity index (χ1) is 9.92. The van der Waals surface area contributed by atoms with Gasteiger partial charge in [0.05, 0.1) is 6.42 Å². The van der Waals surface area contributed by atoms with Gasteiger partial charge >= 0.3 is 5.97 Å². The van der Waals surface area contributed by atoms with Crippen LogP contribution in [0.3, 0.4) is 0 Å². The van der Waals surface area contributed by atoms with E-state index in [1.54, 1.807) is 13.0 Å². The Morgan fingerprint density at radius 3 is 2.81 bits per heavy atom. The average Bonchev–Trinajstić information content (AvgIpc) is 2.83. The maximum atomic E-state index is 10.8. The standard InChI is InChI=1S/C15H16N4O2/c1-8(5-14(20)21)13-6-10(11(7-16)15(17)19-13)12-4-3-9(2)18-12/h3-4,6,8,18H,5H2,1-2H3,(H2,17,19)(H,20,21). The number of anilines is 1. The van der Waals surface area contributed by atoms with Gasteiger partial charge in [-0.3, -0.25) is 4.79 Å². The van der Waals surface area contributed by atoms with Crippen LogP contribution in [0.2, 0.25) is 0 Å². The summed E-state index contributed by atoms with van der Waals surface area (Å²) in [6, 6.07) is 7.54. The fourth-order valence-corrected chi connectivity index (χ4v) is 2.20. The first kappa shape index (κ1) is 14.6. The van der Waals surface area contributed by atoms with E-state index in [1.165, 1.54) is 0 Å². The first-order valence-corrected chi connectivity index (χ1v) is 6.50. The highest BCUT2D eigenvalue weighted by Crippen LogP contribution is 2.30. The molecule has 108 valence electrons. The van der Waals surface area contributed by atoms with Gasteiger partial charge in [0, 0.05) is 28.6 Å². The second-order valence-electron chi connectivity index (χ2n) is 5.02. The third kappa shape index (κ3) is 3.03. The highest BCUT2D eigenvalue weighted by atomic mass is 16.4. The molecule has 0 amide bonds. The van der Waals surface area contributed by atoms with Crippen molar-refractivity contribution in [2.24, 2.45) is 0 Å². The summed E-state index contributed by atoms with van der Waals surface area (Å²) in [5, 5.41) is 18.2. The number of nitrogens with two attached hydrogens (primary N) is 1. The van der Waals surface area contributed by atoms with Crippen molar-refractivity contribution in [3.8, 4) is 17.3 Å². The van der Waals surface area contributed by atoms with Gasteiger partial charge in [-0.15, -0.1) is 0 Å². The summed E-state index contributed by atoms with van der Waals surface area (Å²) in [6.45, 7) is 3.68.